The Morgan fingerprint density at radius 2 is 1.58 bits per heavy atom. The number of benzene rings is 3. The third-order valence-electron chi connectivity index (χ3n) is 5.57. The van der Waals surface area contributed by atoms with Gasteiger partial charge in [0.1, 0.15) is 5.75 Å². The fraction of sp³-hybridized carbons (Fsp3) is 0.200. The third-order valence-corrected chi connectivity index (χ3v) is 7.42. The molecule has 0 aromatic heterocycles. The molecule has 0 saturated carbocycles. The van der Waals surface area contributed by atoms with Crippen LogP contribution in [0.15, 0.2) is 77.7 Å². The molecular formula is C25H23NO6S. The molecule has 7 nitrogen and oxygen atoms in total. The normalized spacial score (nSPS) is 13.7. The van der Waals surface area contributed by atoms with E-state index in [0.717, 1.165) is 11.1 Å². The molecular weight excluding hydrogens is 442 g/mol. The molecule has 0 N–H and O–H groups in total. The van der Waals surface area contributed by atoms with Gasteiger partial charge in [-0.2, -0.15) is 4.31 Å². The smallest absolute Gasteiger partial charge is 0.338 e. The van der Waals surface area contributed by atoms with Gasteiger partial charge in [-0.15, -0.1) is 0 Å². The zero-order valence-electron chi connectivity index (χ0n) is 18.1. The van der Waals surface area contributed by atoms with Gasteiger partial charge in [-0.25, -0.2) is 13.2 Å². The number of carbonyl (C=O) groups excluding carboxylic acids is 2. The molecule has 0 unspecified atom stereocenters. The molecule has 33 heavy (non-hydrogen) atoms. The minimum Gasteiger partial charge on any atom is -0.496 e. The Morgan fingerprint density at radius 1 is 0.909 bits per heavy atom. The first-order valence-corrected chi connectivity index (χ1v) is 11.8. The van der Waals surface area contributed by atoms with Crippen molar-refractivity contribution in [1.82, 2.24) is 4.31 Å². The van der Waals surface area contributed by atoms with Crippen molar-refractivity contribution in [3.8, 4) is 5.75 Å². The predicted molar refractivity (Wildman–Crippen MR) is 122 cm³/mol. The maximum atomic E-state index is 13.1. The number of carbonyl (C=O) groups is 2. The van der Waals surface area contributed by atoms with Gasteiger partial charge >= 0.3 is 5.97 Å². The summed E-state index contributed by atoms with van der Waals surface area (Å²) in [6.45, 7) is 0.258. The Hall–Kier alpha value is -3.49. The number of sulfonamides is 1. The minimum atomic E-state index is -3.70. The van der Waals surface area contributed by atoms with Crippen LogP contribution in [0.5, 0.6) is 5.75 Å². The summed E-state index contributed by atoms with van der Waals surface area (Å²) in [7, 11) is -2.25. The lowest BCUT2D eigenvalue weighted by atomic mass is 10.0. The fourth-order valence-electron chi connectivity index (χ4n) is 3.75. The van der Waals surface area contributed by atoms with E-state index in [9.17, 15) is 18.0 Å². The number of esters is 1. The molecule has 3 aromatic carbocycles. The molecule has 0 bridgehead atoms. The highest BCUT2D eigenvalue weighted by atomic mass is 32.2. The summed E-state index contributed by atoms with van der Waals surface area (Å²) in [5, 5.41) is 0. The van der Waals surface area contributed by atoms with Crippen molar-refractivity contribution in [3.05, 3.63) is 95.1 Å². The summed E-state index contributed by atoms with van der Waals surface area (Å²) in [5.41, 5.74) is 2.63. The lowest BCUT2D eigenvalue weighted by molar-refractivity contribution is 0.0474. The van der Waals surface area contributed by atoms with Crippen molar-refractivity contribution < 1.29 is 27.5 Å². The minimum absolute atomic E-state index is 0.100. The van der Waals surface area contributed by atoms with Gasteiger partial charge in [0.25, 0.3) is 0 Å². The van der Waals surface area contributed by atoms with Crippen LogP contribution >= 0.6 is 0 Å². The number of nitrogens with zero attached hydrogens (tertiary/aromatic N) is 1. The quantitative estimate of drug-likeness (QED) is 0.392. The highest BCUT2D eigenvalue weighted by molar-refractivity contribution is 7.89. The van der Waals surface area contributed by atoms with Gasteiger partial charge in [-0.3, -0.25) is 4.79 Å². The van der Waals surface area contributed by atoms with Crippen molar-refractivity contribution >= 4 is 21.8 Å². The molecule has 1 heterocycles. The van der Waals surface area contributed by atoms with E-state index in [1.165, 1.54) is 35.7 Å². The monoisotopic (exact) mass is 465 g/mol. The second-order valence-electron chi connectivity index (χ2n) is 7.58. The summed E-state index contributed by atoms with van der Waals surface area (Å²) in [5.74, 6) is -0.715. The number of methoxy groups -OCH3 is 1. The molecule has 0 atom stereocenters. The Balaban J connectivity index is 1.41. The van der Waals surface area contributed by atoms with E-state index in [1.54, 1.807) is 24.3 Å². The van der Waals surface area contributed by atoms with Crippen LogP contribution < -0.4 is 4.74 Å². The zero-order valence-corrected chi connectivity index (χ0v) is 18.9. The third kappa shape index (κ3) is 4.81. The topological polar surface area (TPSA) is 90.0 Å². The van der Waals surface area contributed by atoms with Crippen LogP contribution in [-0.4, -0.2) is 44.7 Å². The standard InChI is InChI=1S/C25H23NO6S/c1-31-24-9-5-4-8-22(24)23(27)17-32-25(28)19-10-12-21(13-11-19)33(29,30)26-15-14-18-6-2-3-7-20(18)16-26/h2-13H,14-17H2,1H3. The summed E-state index contributed by atoms with van der Waals surface area (Å²) in [6.07, 6.45) is 0.653. The van der Waals surface area contributed by atoms with Gasteiger partial charge in [-0.1, -0.05) is 36.4 Å². The van der Waals surface area contributed by atoms with Gasteiger partial charge in [0, 0.05) is 13.1 Å². The molecule has 8 heteroatoms. The van der Waals surface area contributed by atoms with Crippen molar-refractivity contribution in [1.29, 1.82) is 0 Å². The van der Waals surface area contributed by atoms with Gasteiger partial charge in [0.2, 0.25) is 15.8 Å². The number of hydrogen-bond acceptors (Lipinski definition) is 6. The molecule has 0 aliphatic carbocycles. The predicted octanol–water partition coefficient (Wildman–Crippen LogP) is 3.48. The first-order chi connectivity index (χ1) is 15.9. The molecule has 0 spiro atoms. The van der Waals surface area contributed by atoms with Gasteiger partial charge < -0.3 is 9.47 Å². The summed E-state index contributed by atoms with van der Waals surface area (Å²) in [6, 6.07) is 20.0. The van der Waals surface area contributed by atoms with Crippen molar-refractivity contribution in [2.24, 2.45) is 0 Å². The number of hydrogen-bond donors (Lipinski definition) is 0. The molecule has 0 saturated heterocycles. The highest BCUT2D eigenvalue weighted by Crippen LogP contribution is 2.25. The molecule has 3 aromatic rings. The molecule has 1 aliphatic heterocycles. The first kappa shape index (κ1) is 22.7. The van der Waals surface area contributed by atoms with Crippen molar-refractivity contribution in [3.63, 3.8) is 0 Å². The van der Waals surface area contributed by atoms with Gasteiger partial charge in [-0.05, 0) is 53.9 Å². The fourth-order valence-corrected chi connectivity index (χ4v) is 5.17. The Morgan fingerprint density at radius 3 is 2.30 bits per heavy atom. The van der Waals surface area contributed by atoms with Crippen LogP contribution in [0, 0.1) is 0 Å². The Labute approximate surface area is 192 Å². The highest BCUT2D eigenvalue weighted by Gasteiger charge is 2.28. The number of ketones is 1. The zero-order chi connectivity index (χ0) is 23.4. The van der Waals surface area contributed by atoms with E-state index in [0.29, 0.717) is 30.8 Å². The second kappa shape index (κ2) is 9.56. The number of fused-ring (bicyclic) bond motifs is 1. The van der Waals surface area contributed by atoms with Crippen molar-refractivity contribution in [2.45, 2.75) is 17.9 Å². The molecule has 170 valence electrons. The molecule has 0 fully saturated rings. The van der Waals surface area contributed by atoms with Crippen LogP contribution in [0.3, 0.4) is 0 Å². The molecule has 0 amide bonds. The maximum Gasteiger partial charge on any atom is 0.338 e. The number of rotatable bonds is 7. The van der Waals surface area contributed by atoms with E-state index in [-0.39, 0.29) is 10.5 Å². The molecule has 0 radical (unpaired) electrons. The average Bonchev–Trinajstić information content (AvgIpc) is 2.86. The number of para-hydroxylation sites is 1. The summed E-state index contributed by atoms with van der Waals surface area (Å²) < 4.78 is 37.8. The second-order valence-corrected chi connectivity index (χ2v) is 9.52. The lowest BCUT2D eigenvalue weighted by Crippen LogP contribution is -2.35. The van der Waals surface area contributed by atoms with Crippen molar-refractivity contribution in [2.75, 3.05) is 20.3 Å². The van der Waals surface area contributed by atoms with E-state index in [4.69, 9.17) is 9.47 Å². The molecule has 1 aliphatic rings. The van der Waals surface area contributed by atoms with Crippen LogP contribution in [-0.2, 0) is 27.7 Å². The van der Waals surface area contributed by atoms with Crippen LogP contribution in [0.25, 0.3) is 0 Å². The first-order valence-electron chi connectivity index (χ1n) is 10.4. The number of ether oxygens (including phenoxy) is 2. The van der Waals surface area contributed by atoms with Gasteiger partial charge in [0.15, 0.2) is 6.61 Å². The van der Waals surface area contributed by atoms with Crippen LogP contribution in [0.1, 0.15) is 31.8 Å². The molecule has 4 rings (SSSR count). The summed E-state index contributed by atoms with van der Waals surface area (Å²) in [4.78, 5) is 24.8. The largest absolute Gasteiger partial charge is 0.496 e. The Bertz CT molecular complexity index is 1280. The maximum absolute atomic E-state index is 13.1. The van der Waals surface area contributed by atoms with E-state index in [1.807, 2.05) is 24.3 Å². The summed E-state index contributed by atoms with van der Waals surface area (Å²) >= 11 is 0. The van der Waals surface area contributed by atoms with Crippen LogP contribution in [0.2, 0.25) is 0 Å². The van der Waals surface area contributed by atoms with Crippen LogP contribution in [0.4, 0.5) is 0 Å². The van der Waals surface area contributed by atoms with E-state index in [2.05, 4.69) is 0 Å². The Kier molecular flexibility index (Phi) is 6.57. The van der Waals surface area contributed by atoms with E-state index < -0.39 is 28.4 Å². The SMILES string of the molecule is COc1ccccc1C(=O)COC(=O)c1ccc(S(=O)(=O)N2CCc3ccccc3C2)cc1. The lowest BCUT2D eigenvalue weighted by Gasteiger charge is -2.28. The number of Topliss-reactive ketones (excluding diaryl/α,β-unsaturated/α-hetero) is 1. The average molecular weight is 466 g/mol. The van der Waals surface area contributed by atoms with E-state index >= 15 is 0 Å². The van der Waals surface area contributed by atoms with Gasteiger partial charge in [0.05, 0.1) is 23.1 Å².